The molecular weight excluding hydrogens is 282 g/mol. The molecule has 1 heterocycles. The number of hydrogen-bond acceptors (Lipinski definition) is 5. The van der Waals surface area contributed by atoms with E-state index in [1.54, 1.807) is 12.1 Å². The number of carbonyl (C=O) groups excluding carboxylic acids is 2. The molecule has 0 unspecified atom stereocenters. The Bertz CT molecular complexity index is 565. The van der Waals surface area contributed by atoms with Crippen molar-refractivity contribution in [1.82, 2.24) is 0 Å². The standard InChI is InChI=1S/C14H14ClNO4/c1-8-4-9(15)6-10(5-8)16-7-11-12(17)19-14(2,3)20-13(11)18/h4-7,16H,1-3H3. The Kier molecular flexibility index (Phi) is 3.72. The molecule has 0 aromatic heterocycles. The van der Waals surface area contributed by atoms with Crippen molar-refractivity contribution < 1.29 is 19.1 Å². The third-order valence-corrected chi connectivity index (χ3v) is 2.76. The molecular formula is C14H14ClNO4. The van der Waals surface area contributed by atoms with Crippen molar-refractivity contribution >= 4 is 29.2 Å². The van der Waals surface area contributed by atoms with Gasteiger partial charge in [-0.3, -0.25) is 0 Å². The molecule has 5 nitrogen and oxygen atoms in total. The lowest BCUT2D eigenvalue weighted by molar-refractivity contribution is -0.222. The largest absolute Gasteiger partial charge is 0.419 e. The highest BCUT2D eigenvalue weighted by Gasteiger charge is 2.38. The van der Waals surface area contributed by atoms with E-state index in [1.807, 2.05) is 13.0 Å². The number of halogens is 1. The fourth-order valence-corrected chi connectivity index (χ4v) is 2.04. The first-order valence-electron chi connectivity index (χ1n) is 5.97. The number of nitrogens with one attached hydrogen (secondary N) is 1. The van der Waals surface area contributed by atoms with Crippen LogP contribution in [0.2, 0.25) is 5.02 Å². The Morgan fingerprint density at radius 3 is 2.30 bits per heavy atom. The minimum absolute atomic E-state index is 0.193. The van der Waals surface area contributed by atoms with Crippen LogP contribution in [0.1, 0.15) is 19.4 Å². The number of aryl methyl sites for hydroxylation is 1. The lowest BCUT2D eigenvalue weighted by Crippen LogP contribution is -2.42. The molecule has 1 aromatic carbocycles. The number of rotatable bonds is 2. The van der Waals surface area contributed by atoms with Gasteiger partial charge in [0.25, 0.3) is 5.79 Å². The Labute approximate surface area is 121 Å². The highest BCUT2D eigenvalue weighted by atomic mass is 35.5. The topological polar surface area (TPSA) is 64.6 Å². The summed E-state index contributed by atoms with van der Waals surface area (Å²) < 4.78 is 9.95. The van der Waals surface area contributed by atoms with Crippen LogP contribution in [-0.2, 0) is 19.1 Å². The van der Waals surface area contributed by atoms with Crippen molar-refractivity contribution in [3.05, 3.63) is 40.6 Å². The summed E-state index contributed by atoms with van der Waals surface area (Å²) in [5, 5.41) is 3.39. The Hall–Kier alpha value is -2.01. The van der Waals surface area contributed by atoms with Gasteiger partial charge in [0.1, 0.15) is 0 Å². The van der Waals surface area contributed by atoms with Gasteiger partial charge >= 0.3 is 11.9 Å². The molecule has 0 radical (unpaired) electrons. The summed E-state index contributed by atoms with van der Waals surface area (Å²) in [6.07, 6.45) is 1.25. The van der Waals surface area contributed by atoms with Gasteiger partial charge in [-0.2, -0.15) is 0 Å². The summed E-state index contributed by atoms with van der Waals surface area (Å²) in [6.45, 7) is 4.87. The SMILES string of the molecule is Cc1cc(Cl)cc(NC=C2C(=O)OC(C)(C)OC2=O)c1. The van der Waals surface area contributed by atoms with E-state index in [-0.39, 0.29) is 5.57 Å². The average Bonchev–Trinajstić information content (AvgIpc) is 2.24. The number of ether oxygens (including phenoxy) is 2. The molecule has 0 aliphatic carbocycles. The first kappa shape index (κ1) is 14.4. The van der Waals surface area contributed by atoms with Crippen LogP contribution in [0.5, 0.6) is 0 Å². The maximum atomic E-state index is 11.7. The maximum absolute atomic E-state index is 11.7. The van der Waals surface area contributed by atoms with Crippen molar-refractivity contribution in [2.45, 2.75) is 26.6 Å². The van der Waals surface area contributed by atoms with Crippen LogP contribution < -0.4 is 5.32 Å². The summed E-state index contributed by atoms with van der Waals surface area (Å²) >= 11 is 5.92. The number of benzene rings is 1. The van der Waals surface area contributed by atoms with Crippen molar-refractivity contribution in [3.63, 3.8) is 0 Å². The zero-order valence-corrected chi connectivity index (χ0v) is 12.1. The molecule has 0 saturated carbocycles. The minimum atomic E-state index is -1.24. The van der Waals surface area contributed by atoms with Crippen LogP contribution in [0, 0.1) is 6.92 Å². The average molecular weight is 296 g/mol. The van der Waals surface area contributed by atoms with E-state index in [4.69, 9.17) is 21.1 Å². The van der Waals surface area contributed by atoms with Crippen molar-refractivity contribution in [3.8, 4) is 0 Å². The van der Waals surface area contributed by atoms with Gasteiger partial charge < -0.3 is 14.8 Å². The lowest BCUT2D eigenvalue weighted by Gasteiger charge is -2.29. The highest BCUT2D eigenvalue weighted by Crippen LogP contribution is 2.23. The van der Waals surface area contributed by atoms with Crippen molar-refractivity contribution in [2.75, 3.05) is 5.32 Å². The van der Waals surface area contributed by atoms with Gasteiger partial charge in [0.15, 0.2) is 5.57 Å². The summed E-state index contributed by atoms with van der Waals surface area (Å²) in [5.74, 6) is -2.69. The van der Waals surface area contributed by atoms with E-state index in [9.17, 15) is 9.59 Å². The lowest BCUT2D eigenvalue weighted by atomic mass is 10.2. The van der Waals surface area contributed by atoms with E-state index in [1.165, 1.54) is 20.0 Å². The van der Waals surface area contributed by atoms with Crippen LogP contribution in [-0.4, -0.2) is 17.7 Å². The first-order chi connectivity index (χ1) is 9.27. The van der Waals surface area contributed by atoms with Crippen LogP contribution in [0.25, 0.3) is 0 Å². The summed E-state index contributed by atoms with van der Waals surface area (Å²) in [5.41, 5.74) is 1.42. The Morgan fingerprint density at radius 1 is 1.15 bits per heavy atom. The molecule has 1 aliphatic rings. The molecule has 106 valence electrons. The highest BCUT2D eigenvalue weighted by molar-refractivity contribution is 6.31. The first-order valence-corrected chi connectivity index (χ1v) is 6.35. The Morgan fingerprint density at radius 2 is 1.75 bits per heavy atom. The van der Waals surface area contributed by atoms with Gasteiger partial charge in [-0.15, -0.1) is 0 Å². The normalized spacial score (nSPS) is 17.3. The van der Waals surface area contributed by atoms with Gasteiger partial charge in [0, 0.05) is 30.8 Å². The molecule has 1 aliphatic heterocycles. The molecule has 1 saturated heterocycles. The number of cyclic esters (lactones) is 2. The van der Waals surface area contributed by atoms with E-state index < -0.39 is 17.7 Å². The van der Waals surface area contributed by atoms with E-state index >= 15 is 0 Å². The molecule has 0 spiro atoms. The smallest absolute Gasteiger partial charge is 0.350 e. The maximum Gasteiger partial charge on any atom is 0.350 e. The third kappa shape index (κ3) is 3.30. The van der Waals surface area contributed by atoms with Crippen LogP contribution >= 0.6 is 11.6 Å². The summed E-state index contributed by atoms with van der Waals surface area (Å²) in [7, 11) is 0. The van der Waals surface area contributed by atoms with Gasteiger partial charge in [-0.05, 0) is 30.7 Å². The predicted molar refractivity (Wildman–Crippen MR) is 74.2 cm³/mol. The van der Waals surface area contributed by atoms with E-state index in [0.717, 1.165) is 5.56 Å². The van der Waals surface area contributed by atoms with Crippen LogP contribution in [0.15, 0.2) is 30.0 Å². The third-order valence-electron chi connectivity index (χ3n) is 2.54. The second-order valence-electron chi connectivity index (χ2n) is 4.90. The molecule has 20 heavy (non-hydrogen) atoms. The molecule has 0 atom stereocenters. The minimum Gasteiger partial charge on any atom is -0.419 e. The van der Waals surface area contributed by atoms with E-state index in [2.05, 4.69) is 5.32 Å². The van der Waals surface area contributed by atoms with Crippen LogP contribution in [0.4, 0.5) is 5.69 Å². The van der Waals surface area contributed by atoms with Crippen molar-refractivity contribution in [2.24, 2.45) is 0 Å². The number of hydrogen-bond donors (Lipinski definition) is 1. The molecule has 1 fully saturated rings. The van der Waals surface area contributed by atoms with Gasteiger partial charge in [-0.1, -0.05) is 11.6 Å². The predicted octanol–water partition coefficient (Wildman–Crippen LogP) is 2.78. The van der Waals surface area contributed by atoms with Crippen molar-refractivity contribution in [1.29, 1.82) is 0 Å². The molecule has 1 aromatic rings. The zero-order valence-electron chi connectivity index (χ0n) is 11.3. The molecule has 6 heteroatoms. The second-order valence-corrected chi connectivity index (χ2v) is 5.33. The number of carbonyl (C=O) groups is 2. The summed E-state index contributed by atoms with van der Waals surface area (Å²) in [6, 6.07) is 5.30. The van der Waals surface area contributed by atoms with Gasteiger partial charge in [0.2, 0.25) is 0 Å². The molecule has 2 rings (SSSR count). The molecule has 0 amide bonds. The van der Waals surface area contributed by atoms with Gasteiger partial charge in [0.05, 0.1) is 0 Å². The summed E-state index contributed by atoms with van der Waals surface area (Å²) in [4.78, 5) is 23.4. The molecule has 1 N–H and O–H groups in total. The van der Waals surface area contributed by atoms with Gasteiger partial charge in [-0.25, -0.2) is 9.59 Å². The molecule has 0 bridgehead atoms. The quantitative estimate of drug-likeness (QED) is 0.516. The van der Waals surface area contributed by atoms with Crippen LogP contribution in [0.3, 0.4) is 0 Å². The second kappa shape index (κ2) is 5.17. The fourth-order valence-electron chi connectivity index (χ4n) is 1.75. The fraction of sp³-hybridized carbons (Fsp3) is 0.286. The monoisotopic (exact) mass is 295 g/mol. The Balaban J connectivity index is 2.19. The number of anilines is 1. The van der Waals surface area contributed by atoms with E-state index in [0.29, 0.717) is 10.7 Å². The zero-order chi connectivity index (χ0) is 14.9. The number of esters is 2.